The highest BCUT2D eigenvalue weighted by Gasteiger charge is 2.32. The number of likely N-dealkylation sites (N-methyl/N-ethyl adjacent to an activating group) is 1. The maximum atomic E-state index is 11.2. The molecule has 0 aliphatic carbocycles. The van der Waals surface area contributed by atoms with E-state index in [1.54, 1.807) is 7.05 Å². The third-order valence-corrected chi connectivity index (χ3v) is 1.92. The van der Waals surface area contributed by atoms with Gasteiger partial charge < -0.3 is 4.90 Å². The van der Waals surface area contributed by atoms with Crippen LogP contribution in [0.3, 0.4) is 0 Å². The van der Waals surface area contributed by atoms with E-state index < -0.39 is 0 Å². The van der Waals surface area contributed by atoms with Crippen LogP contribution < -0.4 is 0 Å². The number of carbonyl (C=O) groups is 3. The number of hydrogen-bond donors (Lipinski definition) is 0. The van der Waals surface area contributed by atoms with Crippen molar-refractivity contribution in [3.05, 3.63) is 0 Å². The van der Waals surface area contributed by atoms with Gasteiger partial charge in [0, 0.05) is 20.0 Å². The number of Topliss-reactive ketones (excluding diaryl/α,β-unsaturated/α-hetero) is 1. The van der Waals surface area contributed by atoms with Crippen molar-refractivity contribution >= 4 is 17.7 Å². The molecule has 5 heteroatoms. The van der Waals surface area contributed by atoms with E-state index >= 15 is 0 Å². The lowest BCUT2D eigenvalue weighted by atomic mass is 10.3. The summed E-state index contributed by atoms with van der Waals surface area (Å²) in [6.45, 7) is 1.77. The summed E-state index contributed by atoms with van der Waals surface area (Å²) in [4.78, 5) is 35.5. The Morgan fingerprint density at radius 2 is 2.08 bits per heavy atom. The van der Waals surface area contributed by atoms with Crippen LogP contribution in [0.25, 0.3) is 0 Å². The fourth-order valence-electron chi connectivity index (χ4n) is 1.16. The van der Waals surface area contributed by atoms with Gasteiger partial charge in [0.2, 0.25) is 5.91 Å². The van der Waals surface area contributed by atoms with Crippen LogP contribution in [0.1, 0.15) is 13.3 Å². The third kappa shape index (κ3) is 2.05. The number of carbonyl (C=O) groups excluding carboxylic acids is 3. The number of imide groups is 1. The molecule has 13 heavy (non-hydrogen) atoms. The van der Waals surface area contributed by atoms with Crippen molar-refractivity contribution in [2.24, 2.45) is 0 Å². The fourth-order valence-corrected chi connectivity index (χ4v) is 1.16. The minimum Gasteiger partial charge on any atom is -0.318 e. The molecule has 0 N–H and O–H groups in total. The molecule has 1 fully saturated rings. The van der Waals surface area contributed by atoms with Gasteiger partial charge in [0.1, 0.15) is 12.3 Å². The molecular weight excluding hydrogens is 172 g/mol. The lowest BCUT2D eigenvalue weighted by molar-refractivity contribution is -0.125. The number of hydrogen-bond acceptors (Lipinski definition) is 3. The molecule has 1 aliphatic heterocycles. The summed E-state index contributed by atoms with van der Waals surface area (Å²) in [5, 5.41) is 0. The molecule has 1 heterocycles. The van der Waals surface area contributed by atoms with E-state index in [0.29, 0.717) is 0 Å². The average Bonchev–Trinajstić information content (AvgIpc) is 2.24. The van der Waals surface area contributed by atoms with Crippen LogP contribution in [-0.2, 0) is 9.59 Å². The second kappa shape index (κ2) is 3.55. The summed E-state index contributed by atoms with van der Waals surface area (Å²) in [5.74, 6) is -0.246. The summed E-state index contributed by atoms with van der Waals surface area (Å²) in [6, 6.07) is -0.314. The molecule has 3 amide bonds. The predicted molar refractivity (Wildman–Crippen MR) is 45.0 cm³/mol. The van der Waals surface area contributed by atoms with Crippen LogP contribution in [0.15, 0.2) is 0 Å². The van der Waals surface area contributed by atoms with Gasteiger partial charge in [0.15, 0.2) is 0 Å². The van der Waals surface area contributed by atoms with Gasteiger partial charge in [-0.25, -0.2) is 4.79 Å². The molecule has 1 rings (SSSR count). The summed E-state index contributed by atoms with van der Waals surface area (Å²) < 4.78 is 0. The average molecular weight is 184 g/mol. The Bertz CT molecular complexity index is 262. The third-order valence-electron chi connectivity index (χ3n) is 1.92. The summed E-state index contributed by atoms with van der Waals surface area (Å²) >= 11 is 0. The Balaban J connectivity index is 2.54. The molecule has 0 aromatic rings. The van der Waals surface area contributed by atoms with Crippen molar-refractivity contribution in [1.29, 1.82) is 0 Å². The summed E-state index contributed by atoms with van der Waals surface area (Å²) in [5.41, 5.74) is 0. The molecule has 72 valence electrons. The largest absolute Gasteiger partial charge is 0.326 e. The molecule has 0 unspecified atom stereocenters. The van der Waals surface area contributed by atoms with Gasteiger partial charge in [-0.05, 0) is 6.92 Å². The van der Waals surface area contributed by atoms with Crippen LogP contribution in [0.2, 0.25) is 0 Å². The van der Waals surface area contributed by atoms with Crippen molar-refractivity contribution in [2.75, 3.05) is 20.1 Å². The molecule has 0 saturated carbocycles. The van der Waals surface area contributed by atoms with Crippen LogP contribution in [0.5, 0.6) is 0 Å². The first kappa shape index (κ1) is 9.70. The quantitative estimate of drug-likeness (QED) is 0.573. The number of rotatable bonds is 3. The van der Waals surface area contributed by atoms with Gasteiger partial charge >= 0.3 is 6.03 Å². The molecule has 0 aromatic heterocycles. The first-order valence-electron chi connectivity index (χ1n) is 4.07. The lowest BCUT2D eigenvalue weighted by Gasteiger charge is -2.12. The highest BCUT2D eigenvalue weighted by atomic mass is 16.2. The Morgan fingerprint density at radius 3 is 2.46 bits per heavy atom. The molecule has 0 bridgehead atoms. The van der Waals surface area contributed by atoms with E-state index in [1.165, 1.54) is 11.8 Å². The van der Waals surface area contributed by atoms with Gasteiger partial charge in [0.05, 0.1) is 0 Å². The molecule has 1 aliphatic rings. The maximum absolute atomic E-state index is 11.2. The van der Waals surface area contributed by atoms with Crippen LogP contribution >= 0.6 is 0 Å². The van der Waals surface area contributed by atoms with Crippen molar-refractivity contribution in [2.45, 2.75) is 13.3 Å². The number of urea groups is 1. The minimum absolute atomic E-state index is 0.0184. The SMILES string of the molecule is CC(=O)CCN1C(=O)CN(C)C1=O. The smallest absolute Gasteiger partial charge is 0.318 e. The lowest BCUT2D eigenvalue weighted by Crippen LogP contribution is -2.33. The second-order valence-corrected chi connectivity index (χ2v) is 3.14. The molecular formula is C8H12N2O3. The fraction of sp³-hybridized carbons (Fsp3) is 0.625. The zero-order valence-electron chi connectivity index (χ0n) is 7.74. The van der Waals surface area contributed by atoms with Crippen LogP contribution in [0.4, 0.5) is 4.79 Å². The number of ketones is 1. The first-order chi connectivity index (χ1) is 6.02. The minimum atomic E-state index is -0.314. The van der Waals surface area contributed by atoms with E-state index in [1.807, 2.05) is 0 Å². The highest BCUT2D eigenvalue weighted by Crippen LogP contribution is 2.07. The monoisotopic (exact) mass is 184 g/mol. The van der Waals surface area contributed by atoms with E-state index in [4.69, 9.17) is 0 Å². The van der Waals surface area contributed by atoms with E-state index in [2.05, 4.69) is 0 Å². The van der Waals surface area contributed by atoms with Crippen molar-refractivity contribution in [1.82, 2.24) is 9.80 Å². The van der Waals surface area contributed by atoms with Crippen molar-refractivity contribution in [3.63, 3.8) is 0 Å². The van der Waals surface area contributed by atoms with Gasteiger partial charge in [-0.3, -0.25) is 14.5 Å². The predicted octanol–water partition coefficient (Wildman–Crippen LogP) is -0.141. The van der Waals surface area contributed by atoms with E-state index in [0.717, 1.165) is 4.90 Å². The molecule has 0 aromatic carbocycles. The molecule has 0 radical (unpaired) electrons. The summed E-state index contributed by atoms with van der Waals surface area (Å²) in [7, 11) is 1.56. The van der Waals surface area contributed by atoms with Crippen molar-refractivity contribution < 1.29 is 14.4 Å². The van der Waals surface area contributed by atoms with Gasteiger partial charge in [-0.1, -0.05) is 0 Å². The Kier molecular flexibility index (Phi) is 2.65. The van der Waals surface area contributed by atoms with Gasteiger partial charge in [-0.15, -0.1) is 0 Å². The first-order valence-corrected chi connectivity index (χ1v) is 4.07. The number of nitrogens with zero attached hydrogens (tertiary/aromatic N) is 2. The van der Waals surface area contributed by atoms with E-state index in [-0.39, 0.29) is 37.2 Å². The Labute approximate surface area is 76.3 Å². The van der Waals surface area contributed by atoms with Gasteiger partial charge in [-0.2, -0.15) is 0 Å². The molecule has 1 saturated heterocycles. The molecule has 0 atom stereocenters. The zero-order chi connectivity index (χ0) is 10.0. The van der Waals surface area contributed by atoms with Crippen LogP contribution in [-0.4, -0.2) is 47.7 Å². The molecule has 0 spiro atoms. The highest BCUT2D eigenvalue weighted by molar-refractivity contribution is 6.02. The Morgan fingerprint density at radius 1 is 1.46 bits per heavy atom. The zero-order valence-corrected chi connectivity index (χ0v) is 7.74. The van der Waals surface area contributed by atoms with Crippen molar-refractivity contribution in [3.8, 4) is 0 Å². The normalized spacial score (nSPS) is 17.1. The summed E-state index contributed by atoms with van der Waals surface area (Å²) in [6.07, 6.45) is 0.241. The maximum Gasteiger partial charge on any atom is 0.326 e. The Hall–Kier alpha value is -1.39. The topological polar surface area (TPSA) is 57.7 Å². The number of amides is 3. The van der Waals surface area contributed by atoms with Gasteiger partial charge in [0.25, 0.3) is 0 Å². The second-order valence-electron chi connectivity index (χ2n) is 3.14. The molecule has 5 nitrogen and oxygen atoms in total. The van der Waals surface area contributed by atoms with Crippen LogP contribution in [0, 0.1) is 0 Å². The standard InChI is InChI=1S/C8H12N2O3/c1-6(11)3-4-10-7(12)5-9(2)8(10)13/h3-5H2,1-2H3. The van der Waals surface area contributed by atoms with E-state index in [9.17, 15) is 14.4 Å².